The molecule has 0 aliphatic carbocycles. The monoisotopic (exact) mass is 232 g/mol. The molecule has 0 radical (unpaired) electrons. The van der Waals surface area contributed by atoms with E-state index < -0.39 is 6.10 Å². The van der Waals surface area contributed by atoms with E-state index in [4.69, 9.17) is 0 Å². The molecule has 0 aliphatic rings. The van der Waals surface area contributed by atoms with E-state index in [1.807, 2.05) is 0 Å². The summed E-state index contributed by atoms with van der Waals surface area (Å²) in [6.45, 7) is 3.43. The van der Waals surface area contributed by atoms with Crippen molar-refractivity contribution >= 4 is 15.9 Å². The molecule has 1 nitrogen and oxygen atoms in total. The minimum atomic E-state index is -0.554. The molecule has 66 valence electrons. The Hall–Kier alpha value is -0.410. The Morgan fingerprint density at radius 2 is 2.08 bits per heavy atom. The van der Waals surface area contributed by atoms with Gasteiger partial charge in [-0.1, -0.05) is 0 Å². The molecular formula is C9H10BrFO. The molecule has 0 amide bonds. The highest BCUT2D eigenvalue weighted by atomic mass is 79.9. The summed E-state index contributed by atoms with van der Waals surface area (Å²) < 4.78 is 13.3. The molecule has 3 heteroatoms. The predicted octanol–water partition coefficient (Wildman–Crippen LogP) is 2.95. The van der Waals surface area contributed by atoms with E-state index in [0.717, 1.165) is 11.1 Å². The van der Waals surface area contributed by atoms with Crippen molar-refractivity contribution in [1.82, 2.24) is 0 Å². The molecular weight excluding hydrogens is 223 g/mol. The fraction of sp³-hybridized carbons (Fsp3) is 0.333. The number of hydrogen-bond acceptors (Lipinski definition) is 1. The zero-order valence-corrected chi connectivity index (χ0v) is 8.52. The normalized spacial score (nSPS) is 13.1. The van der Waals surface area contributed by atoms with E-state index in [1.165, 1.54) is 6.07 Å². The van der Waals surface area contributed by atoms with Crippen LogP contribution in [0.3, 0.4) is 0 Å². The van der Waals surface area contributed by atoms with Gasteiger partial charge in [0.05, 0.1) is 10.6 Å². The van der Waals surface area contributed by atoms with E-state index >= 15 is 0 Å². The van der Waals surface area contributed by atoms with Crippen molar-refractivity contribution in [3.8, 4) is 0 Å². The number of aryl methyl sites for hydroxylation is 1. The average molecular weight is 233 g/mol. The number of rotatable bonds is 1. The van der Waals surface area contributed by atoms with Gasteiger partial charge in [-0.05, 0) is 53.0 Å². The minimum absolute atomic E-state index is 0.295. The summed E-state index contributed by atoms with van der Waals surface area (Å²) in [4.78, 5) is 0. The number of aliphatic hydroxyl groups excluding tert-OH is 1. The molecule has 1 rings (SSSR count). The SMILES string of the molecule is Cc1cc(F)c(Br)cc1C(C)O. The van der Waals surface area contributed by atoms with E-state index in [2.05, 4.69) is 15.9 Å². The smallest absolute Gasteiger partial charge is 0.137 e. The topological polar surface area (TPSA) is 20.2 Å². The van der Waals surface area contributed by atoms with Crippen molar-refractivity contribution in [2.24, 2.45) is 0 Å². The van der Waals surface area contributed by atoms with E-state index in [0.29, 0.717) is 4.47 Å². The van der Waals surface area contributed by atoms with Crippen LogP contribution in [0.5, 0.6) is 0 Å². The number of aliphatic hydroxyl groups is 1. The van der Waals surface area contributed by atoms with Crippen molar-refractivity contribution in [3.05, 3.63) is 33.5 Å². The molecule has 1 aromatic rings. The second-order valence-corrected chi connectivity index (χ2v) is 3.65. The van der Waals surface area contributed by atoms with Crippen molar-refractivity contribution in [1.29, 1.82) is 0 Å². The highest BCUT2D eigenvalue weighted by Crippen LogP contribution is 2.24. The number of halogens is 2. The second-order valence-electron chi connectivity index (χ2n) is 2.80. The zero-order valence-electron chi connectivity index (χ0n) is 6.94. The Bertz CT molecular complexity index is 297. The summed E-state index contributed by atoms with van der Waals surface area (Å²) in [5, 5.41) is 9.28. The molecule has 0 aliphatic heterocycles. The molecule has 0 spiro atoms. The van der Waals surface area contributed by atoms with Gasteiger partial charge in [-0.2, -0.15) is 0 Å². The molecule has 1 N–H and O–H groups in total. The van der Waals surface area contributed by atoms with Crippen LogP contribution in [-0.4, -0.2) is 5.11 Å². The Labute approximate surface area is 79.4 Å². The molecule has 1 aromatic carbocycles. The van der Waals surface area contributed by atoms with Crippen LogP contribution in [0.2, 0.25) is 0 Å². The summed E-state index contributed by atoms with van der Waals surface area (Å²) in [5.74, 6) is -0.295. The summed E-state index contributed by atoms with van der Waals surface area (Å²) in [7, 11) is 0. The third-order valence-corrected chi connectivity index (χ3v) is 2.37. The van der Waals surface area contributed by atoms with Gasteiger partial charge >= 0.3 is 0 Å². The molecule has 0 saturated heterocycles. The molecule has 0 saturated carbocycles. The molecule has 0 heterocycles. The van der Waals surface area contributed by atoms with Gasteiger partial charge < -0.3 is 5.11 Å². The fourth-order valence-corrected chi connectivity index (χ4v) is 1.47. The number of hydrogen-bond donors (Lipinski definition) is 1. The van der Waals surface area contributed by atoms with Gasteiger partial charge in [-0.25, -0.2) is 4.39 Å². The Kier molecular flexibility index (Phi) is 2.85. The maximum atomic E-state index is 12.9. The van der Waals surface area contributed by atoms with Crippen LogP contribution >= 0.6 is 15.9 Å². The maximum Gasteiger partial charge on any atom is 0.137 e. The average Bonchev–Trinajstić information content (AvgIpc) is 1.96. The first-order valence-corrected chi connectivity index (χ1v) is 4.45. The lowest BCUT2D eigenvalue weighted by molar-refractivity contribution is 0.198. The lowest BCUT2D eigenvalue weighted by Crippen LogP contribution is -1.96. The lowest BCUT2D eigenvalue weighted by Gasteiger charge is -2.09. The lowest BCUT2D eigenvalue weighted by atomic mass is 10.0. The predicted molar refractivity (Wildman–Crippen MR) is 49.5 cm³/mol. The van der Waals surface area contributed by atoms with E-state index in [-0.39, 0.29) is 5.82 Å². The first kappa shape index (κ1) is 9.68. The van der Waals surface area contributed by atoms with Crippen molar-refractivity contribution in [2.45, 2.75) is 20.0 Å². The van der Waals surface area contributed by atoms with E-state index in [9.17, 15) is 9.50 Å². The van der Waals surface area contributed by atoms with Crippen LogP contribution in [-0.2, 0) is 0 Å². The summed E-state index contributed by atoms with van der Waals surface area (Å²) in [5.41, 5.74) is 1.52. The molecule has 0 fully saturated rings. The molecule has 0 bridgehead atoms. The first-order valence-electron chi connectivity index (χ1n) is 3.66. The van der Waals surface area contributed by atoms with Crippen molar-refractivity contribution in [2.75, 3.05) is 0 Å². The highest BCUT2D eigenvalue weighted by Gasteiger charge is 2.08. The molecule has 0 aromatic heterocycles. The van der Waals surface area contributed by atoms with Crippen LogP contribution in [0.1, 0.15) is 24.2 Å². The minimum Gasteiger partial charge on any atom is -0.389 e. The van der Waals surface area contributed by atoms with Crippen molar-refractivity contribution < 1.29 is 9.50 Å². The summed E-state index contributed by atoms with van der Waals surface area (Å²) in [6.07, 6.45) is -0.554. The van der Waals surface area contributed by atoms with Crippen LogP contribution < -0.4 is 0 Å². The Morgan fingerprint density at radius 1 is 1.50 bits per heavy atom. The molecule has 1 atom stereocenters. The maximum absolute atomic E-state index is 12.9. The highest BCUT2D eigenvalue weighted by molar-refractivity contribution is 9.10. The van der Waals surface area contributed by atoms with Gasteiger partial charge in [0.2, 0.25) is 0 Å². The van der Waals surface area contributed by atoms with Crippen LogP contribution in [0.15, 0.2) is 16.6 Å². The summed E-state index contributed by atoms with van der Waals surface area (Å²) >= 11 is 3.06. The van der Waals surface area contributed by atoms with Gasteiger partial charge in [-0.15, -0.1) is 0 Å². The Balaban J connectivity index is 3.23. The third kappa shape index (κ3) is 1.84. The van der Waals surface area contributed by atoms with Gasteiger partial charge in [0, 0.05) is 0 Å². The van der Waals surface area contributed by atoms with Crippen LogP contribution in [0.25, 0.3) is 0 Å². The Morgan fingerprint density at radius 3 is 2.58 bits per heavy atom. The van der Waals surface area contributed by atoms with E-state index in [1.54, 1.807) is 19.9 Å². The third-order valence-electron chi connectivity index (χ3n) is 1.76. The zero-order chi connectivity index (χ0) is 9.30. The summed E-state index contributed by atoms with van der Waals surface area (Å²) in [6, 6.07) is 3.02. The standard InChI is InChI=1S/C9H10BrFO/c1-5-3-9(11)8(10)4-7(5)6(2)12/h3-4,6,12H,1-2H3. The first-order chi connectivity index (χ1) is 5.52. The van der Waals surface area contributed by atoms with Crippen LogP contribution in [0, 0.1) is 12.7 Å². The van der Waals surface area contributed by atoms with Crippen molar-refractivity contribution in [3.63, 3.8) is 0 Å². The second kappa shape index (κ2) is 3.54. The number of benzene rings is 1. The van der Waals surface area contributed by atoms with Crippen LogP contribution in [0.4, 0.5) is 4.39 Å². The van der Waals surface area contributed by atoms with Gasteiger partial charge in [0.15, 0.2) is 0 Å². The quantitative estimate of drug-likeness (QED) is 0.790. The molecule has 1 unspecified atom stereocenters. The van der Waals surface area contributed by atoms with Gasteiger partial charge in [0.1, 0.15) is 5.82 Å². The van der Waals surface area contributed by atoms with Gasteiger partial charge in [0.25, 0.3) is 0 Å². The fourth-order valence-electron chi connectivity index (χ4n) is 1.11. The molecule has 12 heavy (non-hydrogen) atoms. The van der Waals surface area contributed by atoms with Gasteiger partial charge in [-0.3, -0.25) is 0 Å². The largest absolute Gasteiger partial charge is 0.389 e.